The average Bonchev–Trinajstić information content (AvgIpc) is 3.54. The molecule has 10 heteroatoms. The highest BCUT2D eigenvalue weighted by Gasteiger charge is 2.27. The minimum atomic E-state index is -3.00. The molecule has 5 rings (SSSR count). The monoisotopic (exact) mass is 469 g/mol. The van der Waals surface area contributed by atoms with Crippen LogP contribution in [0.15, 0.2) is 42.5 Å². The number of aromatic nitrogens is 3. The van der Waals surface area contributed by atoms with Crippen LogP contribution < -0.4 is 5.32 Å². The number of carbonyl (C=O) groups is 1. The van der Waals surface area contributed by atoms with Crippen molar-refractivity contribution in [3.63, 3.8) is 0 Å². The van der Waals surface area contributed by atoms with Crippen molar-refractivity contribution in [1.29, 1.82) is 0 Å². The van der Waals surface area contributed by atoms with E-state index < -0.39 is 15.7 Å². The molecular weight excluding hydrogens is 445 g/mol. The molecule has 1 aliphatic heterocycles. The minimum absolute atomic E-state index is 0.0699. The van der Waals surface area contributed by atoms with Crippen LogP contribution in [0.25, 0.3) is 11.4 Å². The van der Waals surface area contributed by atoms with Gasteiger partial charge in [-0.05, 0) is 55.3 Å². The number of amides is 1. The standard InChI is InChI=1S/C23H24FN5O3S/c24-20-8-5-17(13-18(20)14-29-9-11-33(31,32)12-10-29)23(30)25-19-6-3-16(4-7-19)22-26-21(27-28-22)15-1-2-15/h3-8,13,15H,1-2,9-12,14H2,(H,25,30)(H,26,27,28). The second kappa shape index (κ2) is 8.68. The first-order valence-corrected chi connectivity index (χ1v) is 12.7. The summed E-state index contributed by atoms with van der Waals surface area (Å²) in [6, 6.07) is 11.5. The number of benzene rings is 2. The Kier molecular flexibility index (Phi) is 5.71. The van der Waals surface area contributed by atoms with Crippen LogP contribution in [-0.2, 0) is 16.4 Å². The number of rotatable bonds is 6. The number of halogens is 1. The van der Waals surface area contributed by atoms with E-state index in [9.17, 15) is 17.6 Å². The molecule has 1 saturated carbocycles. The fourth-order valence-corrected chi connectivity index (χ4v) is 5.11. The highest BCUT2D eigenvalue weighted by Crippen LogP contribution is 2.38. The van der Waals surface area contributed by atoms with Gasteiger partial charge in [0.2, 0.25) is 0 Å². The Bertz CT molecular complexity index is 1270. The second-order valence-electron chi connectivity index (χ2n) is 8.58. The van der Waals surface area contributed by atoms with Crippen molar-refractivity contribution in [3.05, 3.63) is 65.2 Å². The van der Waals surface area contributed by atoms with Crippen LogP contribution in [0.4, 0.5) is 10.1 Å². The van der Waals surface area contributed by atoms with E-state index >= 15 is 0 Å². The zero-order valence-corrected chi connectivity index (χ0v) is 18.7. The quantitative estimate of drug-likeness (QED) is 0.575. The van der Waals surface area contributed by atoms with Gasteiger partial charge in [-0.3, -0.25) is 14.8 Å². The van der Waals surface area contributed by atoms with Crippen molar-refractivity contribution in [2.45, 2.75) is 25.3 Å². The van der Waals surface area contributed by atoms with Gasteiger partial charge in [-0.15, -0.1) is 0 Å². The Balaban J connectivity index is 1.24. The maximum absolute atomic E-state index is 14.3. The van der Waals surface area contributed by atoms with Crippen LogP contribution in [0.1, 0.15) is 40.5 Å². The van der Waals surface area contributed by atoms with Gasteiger partial charge in [0, 0.05) is 47.9 Å². The Morgan fingerprint density at radius 2 is 1.85 bits per heavy atom. The lowest BCUT2D eigenvalue weighted by Crippen LogP contribution is -2.39. The average molecular weight is 470 g/mol. The summed E-state index contributed by atoms with van der Waals surface area (Å²) in [4.78, 5) is 19.2. The maximum Gasteiger partial charge on any atom is 0.255 e. The van der Waals surface area contributed by atoms with E-state index in [1.807, 2.05) is 17.0 Å². The van der Waals surface area contributed by atoms with Crippen LogP contribution in [0.2, 0.25) is 0 Å². The van der Waals surface area contributed by atoms with Crippen LogP contribution in [-0.4, -0.2) is 59.0 Å². The lowest BCUT2D eigenvalue weighted by Gasteiger charge is -2.26. The molecule has 1 amide bonds. The van der Waals surface area contributed by atoms with Gasteiger partial charge in [-0.1, -0.05) is 0 Å². The summed E-state index contributed by atoms with van der Waals surface area (Å²) in [5.41, 5.74) is 2.16. The molecule has 0 spiro atoms. The molecule has 33 heavy (non-hydrogen) atoms. The fraction of sp³-hybridized carbons (Fsp3) is 0.348. The molecule has 2 N–H and O–H groups in total. The smallest absolute Gasteiger partial charge is 0.255 e. The molecule has 2 aromatic carbocycles. The largest absolute Gasteiger partial charge is 0.322 e. The molecule has 2 fully saturated rings. The first kappa shape index (κ1) is 21.7. The normalized spacial score (nSPS) is 18.2. The van der Waals surface area contributed by atoms with Crippen LogP contribution in [0.5, 0.6) is 0 Å². The molecule has 0 unspecified atom stereocenters. The van der Waals surface area contributed by atoms with Gasteiger partial charge in [0.05, 0.1) is 11.5 Å². The zero-order valence-electron chi connectivity index (χ0n) is 17.9. The summed E-state index contributed by atoms with van der Waals surface area (Å²) < 4.78 is 37.5. The molecule has 1 aromatic heterocycles. The number of anilines is 1. The molecule has 0 bridgehead atoms. The summed E-state index contributed by atoms with van der Waals surface area (Å²) in [5.74, 6) is 1.42. The van der Waals surface area contributed by atoms with Crippen molar-refractivity contribution >= 4 is 21.4 Å². The Labute approximate surface area is 191 Å². The molecule has 8 nitrogen and oxygen atoms in total. The summed E-state index contributed by atoms with van der Waals surface area (Å²) in [5, 5.41) is 10.1. The van der Waals surface area contributed by atoms with Crippen molar-refractivity contribution in [3.8, 4) is 11.4 Å². The topological polar surface area (TPSA) is 108 Å². The lowest BCUT2D eigenvalue weighted by molar-refractivity contribution is 0.102. The van der Waals surface area contributed by atoms with Crippen LogP contribution in [0.3, 0.4) is 0 Å². The van der Waals surface area contributed by atoms with Crippen molar-refractivity contribution in [2.75, 3.05) is 29.9 Å². The van der Waals surface area contributed by atoms with Gasteiger partial charge in [-0.2, -0.15) is 5.10 Å². The molecule has 3 aromatic rings. The van der Waals surface area contributed by atoms with E-state index in [4.69, 9.17) is 0 Å². The number of hydrogen-bond donors (Lipinski definition) is 2. The number of H-pyrrole nitrogens is 1. The number of carbonyl (C=O) groups excluding carboxylic acids is 1. The number of hydrogen-bond acceptors (Lipinski definition) is 6. The van der Waals surface area contributed by atoms with E-state index in [0.29, 0.717) is 41.6 Å². The van der Waals surface area contributed by atoms with Gasteiger partial charge in [0.1, 0.15) is 11.6 Å². The van der Waals surface area contributed by atoms with E-state index in [2.05, 4.69) is 20.5 Å². The van der Waals surface area contributed by atoms with Crippen molar-refractivity contribution in [2.24, 2.45) is 0 Å². The summed E-state index contributed by atoms with van der Waals surface area (Å²) in [7, 11) is -3.00. The fourth-order valence-electron chi connectivity index (χ4n) is 3.84. The molecule has 1 aliphatic carbocycles. The Hall–Kier alpha value is -3.11. The number of sulfone groups is 1. The third-order valence-corrected chi connectivity index (χ3v) is 7.62. The Morgan fingerprint density at radius 3 is 2.55 bits per heavy atom. The second-order valence-corrected chi connectivity index (χ2v) is 10.9. The number of aromatic amines is 1. The summed E-state index contributed by atoms with van der Waals surface area (Å²) in [6.45, 7) is 0.978. The molecule has 0 atom stereocenters. The summed E-state index contributed by atoms with van der Waals surface area (Å²) in [6.07, 6.45) is 2.29. The SMILES string of the molecule is O=C(Nc1ccc(-c2n[nH]c(C3CC3)n2)cc1)c1ccc(F)c(CN2CCS(=O)(=O)CC2)c1. The molecular formula is C23H24FN5O3S. The highest BCUT2D eigenvalue weighted by atomic mass is 32.2. The van der Waals surface area contributed by atoms with E-state index in [0.717, 1.165) is 24.2 Å². The minimum Gasteiger partial charge on any atom is -0.322 e. The van der Waals surface area contributed by atoms with Gasteiger partial charge in [-0.25, -0.2) is 17.8 Å². The van der Waals surface area contributed by atoms with Gasteiger partial charge >= 0.3 is 0 Å². The molecule has 2 heterocycles. The zero-order chi connectivity index (χ0) is 23.0. The van der Waals surface area contributed by atoms with E-state index in [1.165, 1.54) is 18.2 Å². The van der Waals surface area contributed by atoms with Crippen LogP contribution >= 0.6 is 0 Å². The van der Waals surface area contributed by atoms with Gasteiger partial charge < -0.3 is 5.32 Å². The molecule has 1 saturated heterocycles. The van der Waals surface area contributed by atoms with Crippen molar-refractivity contribution in [1.82, 2.24) is 20.1 Å². The number of nitrogens with one attached hydrogen (secondary N) is 2. The Morgan fingerprint density at radius 1 is 1.12 bits per heavy atom. The van der Waals surface area contributed by atoms with E-state index in [1.54, 1.807) is 12.1 Å². The van der Waals surface area contributed by atoms with E-state index in [-0.39, 0.29) is 24.0 Å². The van der Waals surface area contributed by atoms with Crippen LogP contribution in [0, 0.1) is 5.82 Å². The predicted molar refractivity (Wildman–Crippen MR) is 122 cm³/mol. The van der Waals surface area contributed by atoms with Gasteiger partial charge in [0.15, 0.2) is 15.7 Å². The van der Waals surface area contributed by atoms with Crippen molar-refractivity contribution < 1.29 is 17.6 Å². The lowest BCUT2D eigenvalue weighted by atomic mass is 10.1. The summed E-state index contributed by atoms with van der Waals surface area (Å²) >= 11 is 0. The van der Waals surface area contributed by atoms with Gasteiger partial charge in [0.25, 0.3) is 5.91 Å². The maximum atomic E-state index is 14.3. The third-order valence-electron chi connectivity index (χ3n) is 6.01. The third kappa shape index (κ3) is 5.12. The molecule has 172 valence electrons. The molecule has 0 radical (unpaired) electrons. The molecule has 2 aliphatic rings. The first-order valence-electron chi connectivity index (χ1n) is 10.9. The number of nitrogens with zero attached hydrogens (tertiary/aromatic N) is 3. The first-order chi connectivity index (χ1) is 15.9. The highest BCUT2D eigenvalue weighted by molar-refractivity contribution is 7.91. The predicted octanol–water partition coefficient (Wildman–Crippen LogP) is 2.97.